The van der Waals surface area contributed by atoms with Crippen molar-refractivity contribution in [1.29, 1.82) is 0 Å². The lowest BCUT2D eigenvalue weighted by molar-refractivity contribution is 0.140. The highest BCUT2D eigenvalue weighted by Gasteiger charge is 2.11. The third-order valence-electron chi connectivity index (χ3n) is 2.42. The molecule has 0 aliphatic carbocycles. The summed E-state index contributed by atoms with van der Waals surface area (Å²) in [7, 11) is 0. The average Bonchev–Trinajstić information content (AvgIpc) is 2.25. The molecule has 0 saturated carbocycles. The Hall–Kier alpha value is -1.51. The normalized spacial score (nSPS) is 11.1. The zero-order valence-corrected chi connectivity index (χ0v) is 11.7. The van der Waals surface area contributed by atoms with Gasteiger partial charge in [0.1, 0.15) is 6.61 Å². The van der Waals surface area contributed by atoms with Crippen LogP contribution in [-0.4, -0.2) is 12.6 Å². The highest BCUT2D eigenvalue weighted by atomic mass is 16.5. The van der Waals surface area contributed by atoms with Gasteiger partial charge in [0.2, 0.25) is 0 Å². The molecule has 18 heavy (non-hydrogen) atoms. The van der Waals surface area contributed by atoms with Gasteiger partial charge in [0, 0.05) is 6.54 Å². The molecule has 1 rings (SSSR count). The second-order valence-electron chi connectivity index (χ2n) is 5.66. The number of carbonyl (C=O) groups excluding carboxylic acids is 1. The van der Waals surface area contributed by atoms with Crippen molar-refractivity contribution in [3.63, 3.8) is 0 Å². The van der Waals surface area contributed by atoms with Crippen molar-refractivity contribution in [1.82, 2.24) is 5.32 Å². The smallest absolute Gasteiger partial charge is 0.407 e. The third-order valence-corrected chi connectivity index (χ3v) is 2.42. The minimum absolute atomic E-state index is 0.263. The Bertz CT molecular complexity index is 394. The van der Waals surface area contributed by atoms with Gasteiger partial charge in [-0.2, -0.15) is 0 Å². The van der Waals surface area contributed by atoms with E-state index in [-0.39, 0.29) is 11.5 Å². The van der Waals surface area contributed by atoms with Crippen molar-refractivity contribution < 1.29 is 9.53 Å². The Labute approximate surface area is 110 Å². The van der Waals surface area contributed by atoms with Gasteiger partial charge < -0.3 is 10.1 Å². The molecule has 100 valence electrons. The zero-order valence-electron chi connectivity index (χ0n) is 11.7. The summed E-state index contributed by atoms with van der Waals surface area (Å²) in [5.74, 6) is 0. The van der Waals surface area contributed by atoms with E-state index < -0.39 is 0 Å². The second kappa shape index (κ2) is 6.43. The zero-order chi connectivity index (χ0) is 13.6. The van der Waals surface area contributed by atoms with E-state index in [4.69, 9.17) is 4.74 Å². The van der Waals surface area contributed by atoms with E-state index in [2.05, 4.69) is 38.2 Å². The lowest BCUT2D eigenvalue weighted by Gasteiger charge is -2.18. The molecule has 0 aromatic heterocycles. The van der Waals surface area contributed by atoms with Gasteiger partial charge >= 0.3 is 6.09 Å². The van der Waals surface area contributed by atoms with Crippen LogP contribution < -0.4 is 5.32 Å². The molecular formula is C15H23NO2. The number of carbonyl (C=O) groups is 1. The molecule has 0 spiro atoms. The summed E-state index contributed by atoms with van der Waals surface area (Å²) < 4.78 is 5.10. The van der Waals surface area contributed by atoms with Crippen molar-refractivity contribution in [2.24, 2.45) is 5.41 Å². The Balaban J connectivity index is 2.57. The topological polar surface area (TPSA) is 38.3 Å². The Morgan fingerprint density at radius 3 is 2.56 bits per heavy atom. The summed E-state index contributed by atoms with van der Waals surface area (Å²) in [5, 5.41) is 2.61. The van der Waals surface area contributed by atoms with Crippen LogP contribution >= 0.6 is 0 Å². The molecule has 0 aliphatic rings. The number of rotatable bonds is 4. The maximum Gasteiger partial charge on any atom is 0.407 e. The third kappa shape index (κ3) is 5.71. The number of hydrogen-bond acceptors (Lipinski definition) is 2. The molecular weight excluding hydrogens is 226 g/mol. The SMILES string of the molecule is CCNC(=O)OCc1cccc(CC(C)(C)C)c1. The van der Waals surface area contributed by atoms with E-state index in [0.717, 1.165) is 12.0 Å². The summed E-state index contributed by atoms with van der Waals surface area (Å²) in [6.45, 7) is 9.42. The quantitative estimate of drug-likeness (QED) is 0.886. The van der Waals surface area contributed by atoms with E-state index in [0.29, 0.717) is 13.2 Å². The molecule has 1 aromatic carbocycles. The molecule has 0 saturated heterocycles. The first kappa shape index (κ1) is 14.6. The lowest BCUT2D eigenvalue weighted by atomic mass is 9.88. The molecule has 0 bridgehead atoms. The van der Waals surface area contributed by atoms with Gasteiger partial charge in [-0.3, -0.25) is 0 Å². The number of benzene rings is 1. The predicted octanol–water partition coefficient (Wildman–Crippen LogP) is 3.52. The van der Waals surface area contributed by atoms with Crippen LogP contribution in [0.15, 0.2) is 24.3 Å². The van der Waals surface area contributed by atoms with Gasteiger partial charge in [-0.1, -0.05) is 45.0 Å². The van der Waals surface area contributed by atoms with E-state index in [1.165, 1.54) is 5.56 Å². The summed E-state index contributed by atoms with van der Waals surface area (Å²) in [4.78, 5) is 11.2. The van der Waals surface area contributed by atoms with E-state index in [9.17, 15) is 4.79 Å². The van der Waals surface area contributed by atoms with E-state index in [1.54, 1.807) is 0 Å². The molecule has 0 atom stereocenters. The summed E-state index contributed by atoms with van der Waals surface area (Å²) >= 11 is 0. The first-order chi connectivity index (χ1) is 8.40. The lowest BCUT2D eigenvalue weighted by Crippen LogP contribution is -2.23. The monoisotopic (exact) mass is 249 g/mol. The van der Waals surface area contributed by atoms with E-state index in [1.807, 2.05) is 19.1 Å². The fraction of sp³-hybridized carbons (Fsp3) is 0.533. The molecule has 3 heteroatoms. The Morgan fingerprint density at radius 2 is 1.94 bits per heavy atom. The van der Waals surface area contributed by atoms with Crippen LogP contribution in [0.2, 0.25) is 0 Å². The fourth-order valence-corrected chi connectivity index (χ4v) is 1.79. The van der Waals surface area contributed by atoms with Crippen LogP contribution in [0.5, 0.6) is 0 Å². The van der Waals surface area contributed by atoms with Gasteiger partial charge in [0.25, 0.3) is 0 Å². The van der Waals surface area contributed by atoms with Crippen molar-refractivity contribution in [3.8, 4) is 0 Å². The van der Waals surface area contributed by atoms with Gasteiger partial charge in [-0.15, -0.1) is 0 Å². The Morgan fingerprint density at radius 1 is 1.28 bits per heavy atom. The highest BCUT2D eigenvalue weighted by Crippen LogP contribution is 2.21. The second-order valence-corrected chi connectivity index (χ2v) is 5.66. The van der Waals surface area contributed by atoms with Crippen LogP contribution in [0, 0.1) is 5.41 Å². The minimum atomic E-state index is -0.362. The first-order valence-electron chi connectivity index (χ1n) is 6.39. The number of amides is 1. The highest BCUT2D eigenvalue weighted by molar-refractivity contribution is 5.66. The molecule has 0 aliphatic heterocycles. The van der Waals surface area contributed by atoms with Gasteiger partial charge in [-0.05, 0) is 29.9 Å². The van der Waals surface area contributed by atoms with Crippen LogP contribution in [0.3, 0.4) is 0 Å². The summed E-state index contributed by atoms with van der Waals surface area (Å²) in [6.07, 6.45) is 0.654. The standard InChI is InChI=1S/C15H23NO2/c1-5-16-14(17)18-11-13-8-6-7-12(9-13)10-15(2,3)4/h6-9H,5,10-11H2,1-4H3,(H,16,17). The molecule has 0 fully saturated rings. The predicted molar refractivity (Wildman–Crippen MR) is 73.5 cm³/mol. The van der Waals surface area contributed by atoms with Gasteiger partial charge in [0.05, 0.1) is 0 Å². The number of hydrogen-bond donors (Lipinski definition) is 1. The van der Waals surface area contributed by atoms with Crippen molar-refractivity contribution in [3.05, 3.63) is 35.4 Å². The largest absolute Gasteiger partial charge is 0.445 e. The molecule has 0 unspecified atom stereocenters. The minimum Gasteiger partial charge on any atom is -0.445 e. The van der Waals surface area contributed by atoms with Crippen molar-refractivity contribution in [2.75, 3.05) is 6.54 Å². The fourth-order valence-electron chi connectivity index (χ4n) is 1.79. The van der Waals surface area contributed by atoms with Gasteiger partial charge in [-0.25, -0.2) is 4.79 Å². The molecule has 0 heterocycles. The first-order valence-corrected chi connectivity index (χ1v) is 6.39. The van der Waals surface area contributed by atoms with Crippen molar-refractivity contribution in [2.45, 2.75) is 40.7 Å². The average molecular weight is 249 g/mol. The Kier molecular flexibility index (Phi) is 5.20. The van der Waals surface area contributed by atoms with Crippen LogP contribution in [-0.2, 0) is 17.8 Å². The number of alkyl carbamates (subject to hydrolysis) is 1. The maximum absolute atomic E-state index is 11.2. The summed E-state index contributed by atoms with van der Waals surface area (Å²) in [5.41, 5.74) is 2.57. The number of nitrogens with one attached hydrogen (secondary N) is 1. The molecule has 3 nitrogen and oxygen atoms in total. The van der Waals surface area contributed by atoms with Crippen LogP contribution in [0.4, 0.5) is 4.79 Å². The molecule has 0 radical (unpaired) electrons. The van der Waals surface area contributed by atoms with E-state index >= 15 is 0 Å². The number of ether oxygens (including phenoxy) is 1. The molecule has 1 N–H and O–H groups in total. The van der Waals surface area contributed by atoms with Crippen molar-refractivity contribution >= 4 is 6.09 Å². The van der Waals surface area contributed by atoms with Gasteiger partial charge in [0.15, 0.2) is 0 Å². The molecule has 1 aromatic rings. The molecule has 1 amide bonds. The maximum atomic E-state index is 11.2. The van der Waals surface area contributed by atoms with Crippen LogP contribution in [0.1, 0.15) is 38.8 Å². The van der Waals surface area contributed by atoms with Crippen LogP contribution in [0.25, 0.3) is 0 Å². The summed E-state index contributed by atoms with van der Waals surface area (Å²) in [6, 6.07) is 8.20.